The summed E-state index contributed by atoms with van der Waals surface area (Å²) in [4.78, 5) is 19.1. The molecule has 2 heterocycles. The Labute approximate surface area is 173 Å². The van der Waals surface area contributed by atoms with Crippen LogP contribution >= 0.6 is 36.4 Å². The third-order valence-corrected chi connectivity index (χ3v) is 5.15. The molecule has 1 N–H and O–H groups in total. The number of nitrogens with one attached hydrogen (secondary N) is 1. The third kappa shape index (κ3) is 7.22. The highest BCUT2D eigenvalue weighted by molar-refractivity contribution is 6.30. The summed E-state index contributed by atoms with van der Waals surface area (Å²) in [6.45, 7) is 9.63. The van der Waals surface area contributed by atoms with Crippen molar-refractivity contribution in [1.29, 1.82) is 0 Å². The Bertz CT molecular complexity index is 530. The number of carbonyl (C=O) groups excluding carboxylic acids is 1. The van der Waals surface area contributed by atoms with Gasteiger partial charge in [-0.2, -0.15) is 0 Å². The number of amides is 1. The molecule has 0 saturated carbocycles. The predicted octanol–water partition coefficient (Wildman–Crippen LogP) is 2.12. The Morgan fingerprint density at radius 2 is 1.50 bits per heavy atom. The van der Waals surface area contributed by atoms with Gasteiger partial charge in [0.05, 0.1) is 0 Å². The van der Waals surface area contributed by atoms with Crippen LogP contribution in [-0.4, -0.2) is 79.5 Å². The molecule has 0 spiro atoms. The van der Waals surface area contributed by atoms with E-state index in [2.05, 4.69) is 27.2 Å². The highest BCUT2D eigenvalue weighted by atomic mass is 35.5. The molecule has 0 aromatic heterocycles. The summed E-state index contributed by atoms with van der Waals surface area (Å²) in [5.41, 5.74) is 1.31. The molecule has 8 heteroatoms. The van der Waals surface area contributed by atoms with Gasteiger partial charge in [0.1, 0.15) is 0 Å². The topological polar surface area (TPSA) is 38.8 Å². The zero-order valence-electron chi connectivity index (χ0n) is 15.0. The van der Waals surface area contributed by atoms with E-state index >= 15 is 0 Å². The second kappa shape index (κ2) is 12.0. The average molecular weight is 424 g/mol. The van der Waals surface area contributed by atoms with Gasteiger partial charge in [0, 0.05) is 76.9 Å². The fourth-order valence-electron chi connectivity index (χ4n) is 3.35. The minimum absolute atomic E-state index is 0. The van der Waals surface area contributed by atoms with Crippen molar-refractivity contribution in [3.8, 4) is 0 Å². The van der Waals surface area contributed by atoms with Crippen LogP contribution in [0.4, 0.5) is 0 Å². The number of rotatable bonds is 5. The van der Waals surface area contributed by atoms with Crippen LogP contribution in [0.1, 0.15) is 12.0 Å². The number of nitrogens with zero attached hydrogens (tertiary/aromatic N) is 3. The molecule has 1 aromatic carbocycles. The lowest BCUT2D eigenvalue weighted by Crippen LogP contribution is -2.49. The van der Waals surface area contributed by atoms with Crippen molar-refractivity contribution in [1.82, 2.24) is 20.0 Å². The molecule has 0 bridgehead atoms. The Balaban J connectivity index is 0.00000169. The first-order chi connectivity index (χ1) is 11.7. The van der Waals surface area contributed by atoms with Crippen molar-refractivity contribution < 1.29 is 4.79 Å². The number of hydrogen-bond donors (Lipinski definition) is 1. The lowest BCUT2D eigenvalue weighted by Gasteiger charge is -2.35. The van der Waals surface area contributed by atoms with Crippen LogP contribution in [-0.2, 0) is 11.3 Å². The Kier molecular flexibility index (Phi) is 10.8. The molecule has 5 nitrogen and oxygen atoms in total. The lowest BCUT2D eigenvalue weighted by molar-refractivity contribution is -0.132. The summed E-state index contributed by atoms with van der Waals surface area (Å²) in [6, 6.07) is 8.10. The molecule has 2 aliphatic rings. The molecule has 26 heavy (non-hydrogen) atoms. The van der Waals surface area contributed by atoms with Crippen LogP contribution in [0.15, 0.2) is 24.3 Å². The van der Waals surface area contributed by atoms with Crippen LogP contribution in [0.2, 0.25) is 5.02 Å². The van der Waals surface area contributed by atoms with E-state index in [0.29, 0.717) is 12.3 Å². The second-order valence-corrected chi connectivity index (χ2v) is 7.06. The van der Waals surface area contributed by atoms with Gasteiger partial charge in [0.2, 0.25) is 5.91 Å². The van der Waals surface area contributed by atoms with E-state index in [9.17, 15) is 4.79 Å². The minimum atomic E-state index is 0. The summed E-state index contributed by atoms with van der Waals surface area (Å²) < 4.78 is 0. The monoisotopic (exact) mass is 422 g/mol. The molecule has 2 fully saturated rings. The zero-order chi connectivity index (χ0) is 16.8. The van der Waals surface area contributed by atoms with E-state index in [1.54, 1.807) is 0 Å². The molecule has 148 valence electrons. The van der Waals surface area contributed by atoms with Gasteiger partial charge in [-0.1, -0.05) is 23.7 Å². The van der Waals surface area contributed by atoms with E-state index in [1.165, 1.54) is 5.56 Å². The molecule has 1 amide bonds. The summed E-state index contributed by atoms with van der Waals surface area (Å²) in [5, 5.41) is 4.08. The highest BCUT2D eigenvalue weighted by Gasteiger charge is 2.20. The van der Waals surface area contributed by atoms with Crippen LogP contribution in [0.25, 0.3) is 0 Å². The van der Waals surface area contributed by atoms with Crippen LogP contribution in [0.3, 0.4) is 0 Å². The van der Waals surface area contributed by atoms with Gasteiger partial charge in [-0.3, -0.25) is 9.69 Å². The smallest absolute Gasteiger partial charge is 0.223 e. The number of piperazine rings is 2. The van der Waals surface area contributed by atoms with Crippen molar-refractivity contribution in [2.24, 2.45) is 0 Å². The van der Waals surface area contributed by atoms with E-state index in [-0.39, 0.29) is 24.8 Å². The summed E-state index contributed by atoms with van der Waals surface area (Å²) in [5.74, 6) is 0.306. The normalized spacial score (nSPS) is 18.7. The van der Waals surface area contributed by atoms with Crippen molar-refractivity contribution >= 4 is 42.3 Å². The van der Waals surface area contributed by atoms with Gasteiger partial charge in [-0.05, 0) is 17.7 Å². The third-order valence-electron chi connectivity index (χ3n) is 4.90. The SMILES string of the molecule is Cl.Cl.O=C(CCN1CCN(Cc2ccc(Cl)cc2)CC1)N1CCNCC1. The maximum atomic E-state index is 12.2. The van der Waals surface area contributed by atoms with Gasteiger partial charge in [0.25, 0.3) is 0 Å². The van der Waals surface area contributed by atoms with E-state index in [4.69, 9.17) is 11.6 Å². The maximum absolute atomic E-state index is 12.2. The summed E-state index contributed by atoms with van der Waals surface area (Å²) in [6.07, 6.45) is 0.650. The van der Waals surface area contributed by atoms with Gasteiger partial charge in [0.15, 0.2) is 0 Å². The summed E-state index contributed by atoms with van der Waals surface area (Å²) >= 11 is 5.94. The van der Waals surface area contributed by atoms with Gasteiger partial charge < -0.3 is 15.1 Å². The number of halogens is 3. The Hall–Kier alpha value is -0.560. The number of carbonyl (C=O) groups is 1. The van der Waals surface area contributed by atoms with Gasteiger partial charge in [-0.15, -0.1) is 24.8 Å². The number of benzene rings is 1. The fraction of sp³-hybridized carbons (Fsp3) is 0.611. The van der Waals surface area contributed by atoms with Crippen molar-refractivity contribution in [2.45, 2.75) is 13.0 Å². The molecule has 0 radical (unpaired) electrons. The van der Waals surface area contributed by atoms with Crippen molar-refractivity contribution in [3.63, 3.8) is 0 Å². The predicted molar refractivity (Wildman–Crippen MR) is 112 cm³/mol. The van der Waals surface area contributed by atoms with E-state index in [0.717, 1.165) is 70.5 Å². The molecule has 3 rings (SSSR count). The first kappa shape index (κ1) is 23.5. The lowest BCUT2D eigenvalue weighted by atomic mass is 10.2. The molecule has 2 aliphatic heterocycles. The minimum Gasteiger partial charge on any atom is -0.340 e. The Morgan fingerprint density at radius 3 is 2.12 bits per heavy atom. The van der Waals surface area contributed by atoms with Crippen molar-refractivity contribution in [3.05, 3.63) is 34.9 Å². The second-order valence-electron chi connectivity index (χ2n) is 6.63. The van der Waals surface area contributed by atoms with Crippen LogP contribution < -0.4 is 5.32 Å². The maximum Gasteiger partial charge on any atom is 0.223 e. The van der Waals surface area contributed by atoms with Gasteiger partial charge in [-0.25, -0.2) is 0 Å². The Morgan fingerprint density at radius 1 is 0.923 bits per heavy atom. The van der Waals surface area contributed by atoms with Gasteiger partial charge >= 0.3 is 0 Å². The molecule has 0 aliphatic carbocycles. The van der Waals surface area contributed by atoms with Crippen LogP contribution in [0, 0.1) is 0 Å². The standard InChI is InChI=1S/C18H27ClN4O.2ClH/c19-17-3-1-16(2-4-17)15-22-13-11-21(12-14-22)8-5-18(24)23-9-6-20-7-10-23;;/h1-4,20H,5-15H2;2*1H. The van der Waals surface area contributed by atoms with Crippen LogP contribution in [0.5, 0.6) is 0 Å². The molecule has 0 atom stereocenters. The quantitative estimate of drug-likeness (QED) is 0.787. The molecular weight excluding hydrogens is 395 g/mol. The fourth-order valence-corrected chi connectivity index (χ4v) is 3.47. The number of hydrogen-bond acceptors (Lipinski definition) is 4. The largest absolute Gasteiger partial charge is 0.340 e. The first-order valence-corrected chi connectivity index (χ1v) is 9.26. The van der Waals surface area contributed by atoms with E-state index in [1.807, 2.05) is 17.0 Å². The zero-order valence-corrected chi connectivity index (χ0v) is 17.4. The molecule has 1 aromatic rings. The highest BCUT2D eigenvalue weighted by Crippen LogP contribution is 2.13. The molecule has 2 saturated heterocycles. The summed E-state index contributed by atoms with van der Waals surface area (Å²) in [7, 11) is 0. The van der Waals surface area contributed by atoms with E-state index < -0.39 is 0 Å². The first-order valence-electron chi connectivity index (χ1n) is 8.88. The van der Waals surface area contributed by atoms with Crippen molar-refractivity contribution in [2.75, 3.05) is 58.9 Å². The average Bonchev–Trinajstić information content (AvgIpc) is 2.63. The molecule has 0 unspecified atom stereocenters. The molecular formula is C18H29Cl3N4O.